The number of morpholine rings is 1. The highest BCUT2D eigenvalue weighted by atomic mass is 32.2. The summed E-state index contributed by atoms with van der Waals surface area (Å²) in [6, 6.07) is 15.8. The number of benzene rings is 2. The first-order chi connectivity index (χ1) is 14.1. The normalized spacial score (nSPS) is 16.7. The number of hydrogen-bond acceptors (Lipinski definition) is 4. The van der Waals surface area contributed by atoms with Crippen LogP contribution in [-0.4, -0.2) is 57.7 Å². The molecule has 1 fully saturated rings. The Hall–Kier alpha value is -2.39. The minimum absolute atomic E-state index is 0.145. The van der Waals surface area contributed by atoms with Crippen molar-refractivity contribution in [1.82, 2.24) is 14.0 Å². The second-order valence-electron chi connectivity index (χ2n) is 6.98. The summed E-state index contributed by atoms with van der Waals surface area (Å²) in [4.78, 5) is 3.29. The summed E-state index contributed by atoms with van der Waals surface area (Å²) in [7, 11) is -1.95. The third-order valence-electron chi connectivity index (χ3n) is 5.29. The molecule has 2 N–H and O–H groups in total. The monoisotopic (exact) mass is 415 g/mol. The smallest absolute Gasteiger partial charge is 0.279 e. The Bertz CT molecular complexity index is 1060. The van der Waals surface area contributed by atoms with Crippen molar-refractivity contribution in [1.29, 1.82) is 0 Å². The van der Waals surface area contributed by atoms with E-state index in [-0.39, 0.29) is 12.5 Å². The Labute approximate surface area is 170 Å². The average Bonchev–Trinajstić information content (AvgIpc) is 3.19. The molecule has 2 aromatic carbocycles. The molecular formula is C21H25N3O4S. The molecule has 1 aliphatic rings. The number of methoxy groups -OCH3 is 1. The van der Waals surface area contributed by atoms with E-state index in [1.807, 2.05) is 54.7 Å². The largest absolute Gasteiger partial charge is 0.497 e. The number of H-pyrrole nitrogens is 1. The van der Waals surface area contributed by atoms with Crippen LogP contribution in [0.25, 0.3) is 10.9 Å². The van der Waals surface area contributed by atoms with Crippen molar-refractivity contribution in [2.75, 3.05) is 40.0 Å². The zero-order chi connectivity index (χ0) is 20.3. The van der Waals surface area contributed by atoms with Gasteiger partial charge in [0.2, 0.25) is 0 Å². The minimum Gasteiger partial charge on any atom is -0.497 e. The van der Waals surface area contributed by atoms with E-state index in [2.05, 4.69) is 9.71 Å². The molecule has 0 amide bonds. The van der Waals surface area contributed by atoms with Crippen molar-refractivity contribution in [3.05, 3.63) is 65.9 Å². The maximum atomic E-state index is 12.8. The minimum atomic E-state index is -3.58. The van der Waals surface area contributed by atoms with Gasteiger partial charge in [0.25, 0.3) is 10.2 Å². The van der Waals surface area contributed by atoms with Gasteiger partial charge in [-0.15, -0.1) is 0 Å². The van der Waals surface area contributed by atoms with Gasteiger partial charge < -0.3 is 14.5 Å². The van der Waals surface area contributed by atoms with Gasteiger partial charge >= 0.3 is 0 Å². The third kappa shape index (κ3) is 4.30. The van der Waals surface area contributed by atoms with E-state index in [1.165, 1.54) is 4.31 Å². The fourth-order valence-electron chi connectivity index (χ4n) is 3.69. The van der Waals surface area contributed by atoms with Crippen molar-refractivity contribution in [3.8, 4) is 5.75 Å². The topological polar surface area (TPSA) is 83.7 Å². The van der Waals surface area contributed by atoms with E-state index < -0.39 is 10.2 Å². The van der Waals surface area contributed by atoms with Crippen LogP contribution in [0.1, 0.15) is 17.0 Å². The summed E-state index contributed by atoms with van der Waals surface area (Å²) in [6.07, 6.45) is 1.96. The molecule has 8 heteroatoms. The number of aromatic nitrogens is 1. The molecule has 7 nitrogen and oxygen atoms in total. The van der Waals surface area contributed by atoms with Crippen molar-refractivity contribution < 1.29 is 17.9 Å². The van der Waals surface area contributed by atoms with E-state index in [0.717, 1.165) is 27.8 Å². The Morgan fingerprint density at radius 3 is 2.59 bits per heavy atom. The SMILES string of the molecule is COc1ccc([C@H](CNS(=O)(=O)N2CCOCC2)c2c[nH]c3ccccc23)cc1. The van der Waals surface area contributed by atoms with E-state index in [0.29, 0.717) is 26.3 Å². The van der Waals surface area contributed by atoms with Crippen molar-refractivity contribution in [3.63, 3.8) is 0 Å². The lowest BCUT2D eigenvalue weighted by Gasteiger charge is -2.27. The van der Waals surface area contributed by atoms with Crippen LogP contribution >= 0.6 is 0 Å². The lowest BCUT2D eigenvalue weighted by atomic mass is 9.91. The number of rotatable bonds is 7. The van der Waals surface area contributed by atoms with Crippen LogP contribution in [0.15, 0.2) is 54.7 Å². The number of hydrogen-bond donors (Lipinski definition) is 2. The van der Waals surface area contributed by atoms with Gasteiger partial charge in [-0.2, -0.15) is 12.7 Å². The molecule has 0 unspecified atom stereocenters. The quantitative estimate of drug-likeness (QED) is 0.621. The lowest BCUT2D eigenvalue weighted by molar-refractivity contribution is 0.0725. The molecule has 0 saturated carbocycles. The molecular weight excluding hydrogens is 390 g/mol. The van der Waals surface area contributed by atoms with Crippen molar-refractivity contribution in [2.45, 2.75) is 5.92 Å². The molecule has 0 aliphatic carbocycles. The van der Waals surface area contributed by atoms with Gasteiger partial charge in [0.1, 0.15) is 5.75 Å². The lowest BCUT2D eigenvalue weighted by Crippen LogP contribution is -2.47. The highest BCUT2D eigenvalue weighted by molar-refractivity contribution is 7.87. The molecule has 1 aromatic heterocycles. The van der Waals surface area contributed by atoms with Crippen molar-refractivity contribution >= 4 is 21.1 Å². The van der Waals surface area contributed by atoms with Crippen molar-refractivity contribution in [2.24, 2.45) is 0 Å². The summed E-state index contributed by atoms with van der Waals surface area (Å²) >= 11 is 0. The predicted octanol–water partition coefficient (Wildman–Crippen LogP) is 2.48. The number of fused-ring (bicyclic) bond motifs is 1. The van der Waals surface area contributed by atoms with Gasteiger partial charge in [0, 0.05) is 42.7 Å². The second kappa shape index (κ2) is 8.54. The zero-order valence-corrected chi connectivity index (χ0v) is 17.1. The first kappa shape index (κ1) is 19.9. The average molecular weight is 416 g/mol. The molecule has 29 heavy (non-hydrogen) atoms. The van der Waals surface area contributed by atoms with Crippen LogP contribution in [0.5, 0.6) is 5.75 Å². The van der Waals surface area contributed by atoms with Crippen LogP contribution in [0, 0.1) is 0 Å². The number of ether oxygens (including phenoxy) is 2. The van der Waals surface area contributed by atoms with Gasteiger partial charge in [0.05, 0.1) is 20.3 Å². The highest BCUT2D eigenvalue weighted by Crippen LogP contribution is 2.31. The predicted molar refractivity (Wildman–Crippen MR) is 112 cm³/mol. The first-order valence-corrected chi connectivity index (χ1v) is 11.0. The van der Waals surface area contributed by atoms with E-state index in [9.17, 15) is 8.42 Å². The standard InChI is InChI=1S/C21H25N3O4S/c1-27-17-8-6-16(7-9-17)19(20-14-22-21-5-3-2-4-18(20)21)15-23-29(25,26)24-10-12-28-13-11-24/h2-9,14,19,22-23H,10-13,15H2,1H3/t19-/m0/s1. The van der Waals surface area contributed by atoms with Gasteiger partial charge in [0.15, 0.2) is 0 Å². The first-order valence-electron chi connectivity index (χ1n) is 9.61. The maximum absolute atomic E-state index is 12.8. The molecule has 1 saturated heterocycles. The molecule has 154 valence electrons. The van der Waals surface area contributed by atoms with Gasteiger partial charge in [-0.25, -0.2) is 4.72 Å². The fourth-order valence-corrected chi connectivity index (χ4v) is 4.88. The van der Waals surface area contributed by atoms with Crippen LogP contribution in [0.3, 0.4) is 0 Å². The Balaban J connectivity index is 1.64. The summed E-state index contributed by atoms with van der Waals surface area (Å²) in [5.41, 5.74) is 3.09. The van der Waals surface area contributed by atoms with Crippen LogP contribution < -0.4 is 9.46 Å². The molecule has 2 heterocycles. The maximum Gasteiger partial charge on any atom is 0.279 e. The van der Waals surface area contributed by atoms with Gasteiger partial charge in [-0.1, -0.05) is 30.3 Å². The van der Waals surface area contributed by atoms with Gasteiger partial charge in [-0.3, -0.25) is 0 Å². The second-order valence-corrected chi connectivity index (χ2v) is 8.74. The fraction of sp³-hybridized carbons (Fsp3) is 0.333. The molecule has 0 spiro atoms. The van der Waals surface area contributed by atoms with Crippen LogP contribution in [-0.2, 0) is 14.9 Å². The molecule has 0 bridgehead atoms. The summed E-state index contributed by atoms with van der Waals surface area (Å²) in [5, 5.41) is 1.08. The highest BCUT2D eigenvalue weighted by Gasteiger charge is 2.26. The molecule has 0 radical (unpaired) electrons. The van der Waals surface area contributed by atoms with E-state index in [1.54, 1.807) is 7.11 Å². The number of nitrogens with zero attached hydrogens (tertiary/aromatic N) is 1. The number of aromatic amines is 1. The van der Waals surface area contributed by atoms with Gasteiger partial charge in [-0.05, 0) is 29.3 Å². The Morgan fingerprint density at radius 1 is 1.14 bits per heavy atom. The molecule has 4 rings (SSSR count). The summed E-state index contributed by atoms with van der Waals surface area (Å²) < 4.78 is 40.4. The van der Waals surface area contributed by atoms with Crippen LogP contribution in [0.4, 0.5) is 0 Å². The Morgan fingerprint density at radius 2 is 1.86 bits per heavy atom. The molecule has 1 aliphatic heterocycles. The number of para-hydroxylation sites is 1. The summed E-state index contributed by atoms with van der Waals surface area (Å²) in [6.45, 7) is 1.84. The zero-order valence-electron chi connectivity index (χ0n) is 16.3. The Kier molecular flexibility index (Phi) is 5.86. The number of nitrogens with one attached hydrogen (secondary N) is 2. The van der Waals surface area contributed by atoms with E-state index in [4.69, 9.17) is 9.47 Å². The van der Waals surface area contributed by atoms with Crippen LogP contribution in [0.2, 0.25) is 0 Å². The summed E-state index contributed by atoms with van der Waals surface area (Å²) in [5.74, 6) is 0.619. The van der Waals surface area contributed by atoms with E-state index >= 15 is 0 Å². The molecule has 3 aromatic rings. The third-order valence-corrected chi connectivity index (χ3v) is 6.87. The molecule has 1 atom stereocenters.